The third-order valence-electron chi connectivity index (χ3n) is 3.53. The molecule has 0 saturated heterocycles. The molecule has 0 aliphatic heterocycles. The standard InChI is InChI=1S/C12H19NO2S2/c1-8-7-12(10(3)16-8)17(14,15)13(4)9(2)11-5-6-11/h7,9,11H,5-6H2,1-4H3. The van der Waals surface area contributed by atoms with E-state index >= 15 is 0 Å². The maximum Gasteiger partial charge on any atom is 0.244 e. The van der Waals surface area contributed by atoms with E-state index in [1.807, 2.05) is 20.8 Å². The fraction of sp³-hybridized carbons (Fsp3) is 0.667. The molecule has 0 bridgehead atoms. The minimum absolute atomic E-state index is 0.111. The Morgan fingerprint density at radius 3 is 2.41 bits per heavy atom. The van der Waals surface area contributed by atoms with Gasteiger partial charge in [0.1, 0.15) is 0 Å². The highest BCUT2D eigenvalue weighted by molar-refractivity contribution is 7.89. The Morgan fingerprint density at radius 1 is 1.41 bits per heavy atom. The fourth-order valence-corrected chi connectivity index (χ4v) is 5.06. The molecule has 96 valence electrons. The third-order valence-corrected chi connectivity index (χ3v) is 6.70. The summed E-state index contributed by atoms with van der Waals surface area (Å²) in [5.41, 5.74) is 0. The normalized spacial score (nSPS) is 18.6. The van der Waals surface area contributed by atoms with Crippen LogP contribution < -0.4 is 0 Å². The van der Waals surface area contributed by atoms with Crippen molar-refractivity contribution >= 4 is 21.4 Å². The van der Waals surface area contributed by atoms with Crippen molar-refractivity contribution in [3.8, 4) is 0 Å². The summed E-state index contributed by atoms with van der Waals surface area (Å²) in [7, 11) is -1.61. The van der Waals surface area contributed by atoms with Crippen LogP contribution in [0.3, 0.4) is 0 Å². The first kappa shape index (κ1) is 13.1. The highest BCUT2D eigenvalue weighted by Gasteiger charge is 2.36. The van der Waals surface area contributed by atoms with Crippen LogP contribution in [0, 0.1) is 19.8 Å². The lowest BCUT2D eigenvalue weighted by atomic mass is 10.2. The number of sulfonamides is 1. The molecule has 1 unspecified atom stereocenters. The van der Waals surface area contributed by atoms with Gasteiger partial charge >= 0.3 is 0 Å². The zero-order chi connectivity index (χ0) is 12.8. The number of aryl methyl sites for hydroxylation is 2. The van der Waals surface area contributed by atoms with Crippen molar-refractivity contribution in [2.45, 2.75) is 44.6 Å². The minimum atomic E-state index is -3.31. The van der Waals surface area contributed by atoms with Crippen molar-refractivity contribution in [2.24, 2.45) is 5.92 Å². The maximum atomic E-state index is 12.5. The molecule has 5 heteroatoms. The lowest BCUT2D eigenvalue weighted by Gasteiger charge is -2.24. The second kappa shape index (κ2) is 4.37. The fourth-order valence-electron chi connectivity index (χ4n) is 2.11. The summed E-state index contributed by atoms with van der Waals surface area (Å²) in [5.74, 6) is 0.551. The predicted octanol–water partition coefficient (Wildman–Crippen LogP) is 2.78. The van der Waals surface area contributed by atoms with Gasteiger partial charge in [0, 0.05) is 22.8 Å². The molecule has 17 heavy (non-hydrogen) atoms. The van der Waals surface area contributed by atoms with Gasteiger partial charge in [-0.2, -0.15) is 4.31 Å². The first-order chi connectivity index (χ1) is 7.84. The Morgan fingerprint density at radius 2 is 2.00 bits per heavy atom. The summed E-state index contributed by atoms with van der Waals surface area (Å²) < 4.78 is 26.5. The molecule has 1 aromatic heterocycles. The van der Waals surface area contributed by atoms with E-state index in [0.717, 1.165) is 22.6 Å². The van der Waals surface area contributed by atoms with Gasteiger partial charge in [-0.15, -0.1) is 11.3 Å². The SMILES string of the molecule is Cc1cc(S(=O)(=O)N(C)C(C)C2CC2)c(C)s1. The summed E-state index contributed by atoms with van der Waals surface area (Å²) in [4.78, 5) is 2.42. The van der Waals surface area contributed by atoms with Gasteiger partial charge in [0.05, 0.1) is 4.90 Å². The van der Waals surface area contributed by atoms with E-state index in [-0.39, 0.29) is 6.04 Å². The predicted molar refractivity (Wildman–Crippen MR) is 70.9 cm³/mol. The van der Waals surface area contributed by atoms with Gasteiger partial charge < -0.3 is 0 Å². The van der Waals surface area contributed by atoms with Crippen molar-refractivity contribution in [1.29, 1.82) is 0 Å². The Bertz CT molecular complexity index is 515. The van der Waals surface area contributed by atoms with E-state index in [9.17, 15) is 8.42 Å². The quantitative estimate of drug-likeness (QED) is 0.846. The van der Waals surface area contributed by atoms with Gasteiger partial charge in [-0.25, -0.2) is 8.42 Å². The number of nitrogens with zero attached hydrogens (tertiary/aromatic N) is 1. The smallest absolute Gasteiger partial charge is 0.207 e. The summed E-state index contributed by atoms with van der Waals surface area (Å²) in [6, 6.07) is 1.89. The zero-order valence-electron chi connectivity index (χ0n) is 10.7. The molecule has 3 nitrogen and oxygen atoms in total. The Kier molecular flexibility index (Phi) is 3.36. The van der Waals surface area contributed by atoms with Gasteiger partial charge in [-0.1, -0.05) is 0 Å². The number of rotatable bonds is 4. The highest BCUT2D eigenvalue weighted by atomic mass is 32.2. The molecule has 1 heterocycles. The topological polar surface area (TPSA) is 37.4 Å². The highest BCUT2D eigenvalue weighted by Crippen LogP contribution is 2.37. The Balaban J connectivity index is 2.32. The monoisotopic (exact) mass is 273 g/mol. The van der Waals surface area contributed by atoms with Gasteiger partial charge in [0.25, 0.3) is 0 Å². The van der Waals surface area contributed by atoms with Gasteiger partial charge in [0.15, 0.2) is 0 Å². The molecule has 1 fully saturated rings. The first-order valence-electron chi connectivity index (χ1n) is 5.89. The van der Waals surface area contributed by atoms with E-state index in [1.165, 1.54) is 0 Å². The molecule has 0 radical (unpaired) electrons. The number of thiophene rings is 1. The lowest BCUT2D eigenvalue weighted by molar-refractivity contribution is 0.357. The number of hydrogen-bond acceptors (Lipinski definition) is 3. The van der Waals surface area contributed by atoms with Crippen molar-refractivity contribution < 1.29 is 8.42 Å². The third kappa shape index (κ3) is 2.41. The summed E-state index contributed by atoms with van der Waals surface area (Å²) in [6.07, 6.45) is 2.31. The average Bonchev–Trinajstić information content (AvgIpc) is 3.02. The summed E-state index contributed by atoms with van der Waals surface area (Å²) >= 11 is 1.54. The van der Waals surface area contributed by atoms with Crippen LogP contribution in [0.2, 0.25) is 0 Å². The second-order valence-electron chi connectivity index (χ2n) is 4.88. The molecular weight excluding hydrogens is 254 g/mol. The minimum Gasteiger partial charge on any atom is -0.207 e. The van der Waals surface area contributed by atoms with Crippen LogP contribution in [0.1, 0.15) is 29.5 Å². The summed E-state index contributed by atoms with van der Waals surface area (Å²) in [5, 5.41) is 0. The maximum absolute atomic E-state index is 12.5. The van der Waals surface area contributed by atoms with Gasteiger partial charge in [0.2, 0.25) is 10.0 Å². The van der Waals surface area contributed by atoms with E-state index in [1.54, 1.807) is 28.8 Å². The Labute approximate surface area is 108 Å². The second-order valence-corrected chi connectivity index (χ2v) is 8.30. The van der Waals surface area contributed by atoms with Crippen LogP contribution in [0.5, 0.6) is 0 Å². The average molecular weight is 273 g/mol. The molecule has 0 amide bonds. The van der Waals surface area contributed by atoms with Crippen molar-refractivity contribution in [3.63, 3.8) is 0 Å². The molecule has 1 aliphatic carbocycles. The first-order valence-corrected chi connectivity index (χ1v) is 8.14. The van der Waals surface area contributed by atoms with Crippen molar-refractivity contribution in [1.82, 2.24) is 4.31 Å². The van der Waals surface area contributed by atoms with Crippen molar-refractivity contribution in [2.75, 3.05) is 7.05 Å². The molecule has 0 N–H and O–H groups in total. The number of hydrogen-bond donors (Lipinski definition) is 0. The van der Waals surface area contributed by atoms with E-state index in [2.05, 4.69) is 0 Å². The van der Waals surface area contributed by atoms with Crippen LogP contribution in [0.15, 0.2) is 11.0 Å². The van der Waals surface area contributed by atoms with Crippen molar-refractivity contribution in [3.05, 3.63) is 15.8 Å². The largest absolute Gasteiger partial charge is 0.244 e. The molecular formula is C12H19NO2S2. The Hall–Kier alpha value is -0.390. The van der Waals surface area contributed by atoms with Gasteiger partial charge in [-0.3, -0.25) is 0 Å². The van der Waals surface area contributed by atoms with Crippen LogP contribution in [0.25, 0.3) is 0 Å². The molecule has 1 atom stereocenters. The van der Waals surface area contributed by atoms with E-state index < -0.39 is 10.0 Å². The molecule has 1 aromatic rings. The van der Waals surface area contributed by atoms with Crippen LogP contribution in [0.4, 0.5) is 0 Å². The molecule has 0 aromatic carbocycles. The summed E-state index contributed by atoms with van der Waals surface area (Å²) in [6.45, 7) is 5.82. The lowest BCUT2D eigenvalue weighted by Crippen LogP contribution is -2.36. The van der Waals surface area contributed by atoms with E-state index in [0.29, 0.717) is 10.8 Å². The van der Waals surface area contributed by atoms with Crippen LogP contribution in [-0.4, -0.2) is 25.8 Å². The molecule has 1 saturated carbocycles. The van der Waals surface area contributed by atoms with E-state index in [4.69, 9.17) is 0 Å². The molecule has 2 rings (SSSR count). The van der Waals surface area contributed by atoms with Crippen LogP contribution in [-0.2, 0) is 10.0 Å². The molecule has 0 spiro atoms. The zero-order valence-corrected chi connectivity index (χ0v) is 12.4. The molecule has 1 aliphatic rings. The van der Waals surface area contributed by atoms with Crippen LogP contribution >= 0.6 is 11.3 Å². The van der Waals surface area contributed by atoms with Gasteiger partial charge in [-0.05, 0) is 45.6 Å².